The molecule has 1 rings (SSSR count). The lowest BCUT2D eigenvalue weighted by Gasteiger charge is -2.30. The van der Waals surface area contributed by atoms with Crippen LogP contribution in [0, 0.1) is 8.99 Å². The fourth-order valence-electron chi connectivity index (χ4n) is 2.63. The summed E-state index contributed by atoms with van der Waals surface area (Å²) in [6.07, 6.45) is -2.85. The predicted molar refractivity (Wildman–Crippen MR) is 119 cm³/mol. The molecule has 1 aromatic carbocycles. The highest BCUT2D eigenvalue weighted by molar-refractivity contribution is 14.1. The van der Waals surface area contributed by atoms with Crippen LogP contribution in [0.5, 0.6) is 0 Å². The molecule has 0 bridgehead atoms. The van der Waals surface area contributed by atoms with E-state index >= 15 is 0 Å². The van der Waals surface area contributed by atoms with E-state index < -0.39 is 41.7 Å². The van der Waals surface area contributed by atoms with Crippen molar-refractivity contribution in [3.8, 4) is 0 Å². The van der Waals surface area contributed by atoms with Gasteiger partial charge in [0.05, 0.1) is 19.3 Å². The van der Waals surface area contributed by atoms with E-state index in [4.69, 9.17) is 5.11 Å². The van der Waals surface area contributed by atoms with Crippen LogP contribution in [0.15, 0.2) is 24.3 Å². The summed E-state index contributed by atoms with van der Waals surface area (Å²) in [4.78, 5) is 35.1. The van der Waals surface area contributed by atoms with Crippen LogP contribution in [0.1, 0.15) is 26.3 Å². The lowest BCUT2D eigenvalue weighted by atomic mass is 9.86. The number of carbonyl (C=O) groups is 3. The number of carboxylic acid groups (broad SMARTS) is 1. The standard InChI is InChI=1S/C19H29IN4O6/c1-19(2,3)15(23-18(29)30-4)16(26)24-21-10-14(25)13(22-17(27)28)9-11-5-7-12(20)8-6-11/h5-8,13-15,21-22,25H,9-10H2,1-4H3,(H,23,29)(H,24,26)(H,27,28)/t13-,14-,15+/m0/s1. The van der Waals surface area contributed by atoms with Gasteiger partial charge in [-0.1, -0.05) is 32.9 Å². The molecule has 0 aliphatic rings. The van der Waals surface area contributed by atoms with Gasteiger partial charge in [-0.15, -0.1) is 0 Å². The van der Waals surface area contributed by atoms with Crippen LogP contribution in [0.25, 0.3) is 0 Å². The average Bonchev–Trinajstić information content (AvgIpc) is 2.65. The maximum Gasteiger partial charge on any atom is 0.407 e. The molecule has 0 unspecified atom stereocenters. The lowest BCUT2D eigenvalue weighted by molar-refractivity contribution is -0.126. The Balaban J connectivity index is 2.69. The summed E-state index contributed by atoms with van der Waals surface area (Å²) in [6.45, 7) is 5.21. The number of carbonyl (C=O) groups excluding carboxylic acids is 2. The molecular formula is C19H29IN4O6. The smallest absolute Gasteiger partial charge is 0.407 e. The Morgan fingerprint density at radius 3 is 2.23 bits per heavy atom. The molecule has 1 aromatic rings. The predicted octanol–water partition coefficient (Wildman–Crippen LogP) is 1.22. The van der Waals surface area contributed by atoms with Gasteiger partial charge in [0, 0.05) is 10.1 Å². The van der Waals surface area contributed by atoms with Crippen molar-refractivity contribution in [3.63, 3.8) is 0 Å². The number of amides is 3. The largest absolute Gasteiger partial charge is 0.465 e. The van der Waals surface area contributed by atoms with Crippen LogP contribution >= 0.6 is 22.6 Å². The van der Waals surface area contributed by atoms with E-state index in [1.807, 2.05) is 24.3 Å². The van der Waals surface area contributed by atoms with Crippen molar-refractivity contribution >= 4 is 40.7 Å². The molecule has 0 aromatic heterocycles. The fraction of sp³-hybridized carbons (Fsp3) is 0.526. The number of alkyl carbamates (subject to hydrolysis) is 1. The molecule has 10 nitrogen and oxygen atoms in total. The summed E-state index contributed by atoms with van der Waals surface area (Å²) in [5.41, 5.74) is 5.29. The van der Waals surface area contributed by atoms with Crippen molar-refractivity contribution in [1.82, 2.24) is 21.5 Å². The highest BCUT2D eigenvalue weighted by Gasteiger charge is 2.33. The number of benzene rings is 1. The molecule has 3 amide bonds. The van der Waals surface area contributed by atoms with Crippen molar-refractivity contribution in [3.05, 3.63) is 33.4 Å². The number of halogens is 1. The maximum absolute atomic E-state index is 12.5. The number of aliphatic hydroxyl groups excluding tert-OH is 1. The number of hydrogen-bond acceptors (Lipinski definition) is 6. The van der Waals surface area contributed by atoms with Gasteiger partial charge in [-0.05, 0) is 52.1 Å². The molecule has 6 N–H and O–H groups in total. The number of hydrazine groups is 1. The normalized spacial score (nSPS) is 14.2. The number of rotatable bonds is 9. The molecule has 0 aliphatic heterocycles. The van der Waals surface area contributed by atoms with E-state index in [1.54, 1.807) is 20.8 Å². The Labute approximate surface area is 189 Å². The fourth-order valence-corrected chi connectivity index (χ4v) is 2.99. The molecule has 30 heavy (non-hydrogen) atoms. The first kappa shape index (κ1) is 25.9. The quantitative estimate of drug-likeness (QED) is 0.205. The van der Waals surface area contributed by atoms with Crippen molar-refractivity contribution in [1.29, 1.82) is 0 Å². The van der Waals surface area contributed by atoms with Gasteiger partial charge in [-0.3, -0.25) is 10.2 Å². The summed E-state index contributed by atoms with van der Waals surface area (Å²) in [5, 5.41) is 24.3. The second kappa shape index (κ2) is 11.9. The van der Waals surface area contributed by atoms with Gasteiger partial charge in [0.15, 0.2) is 0 Å². The molecule has 0 saturated heterocycles. The van der Waals surface area contributed by atoms with Crippen LogP contribution < -0.4 is 21.5 Å². The molecule has 168 valence electrons. The van der Waals surface area contributed by atoms with Crippen molar-refractivity contribution < 1.29 is 29.3 Å². The molecule has 0 aliphatic carbocycles. The third-order valence-corrected chi connectivity index (χ3v) is 4.96. The topological polar surface area (TPSA) is 149 Å². The third-order valence-electron chi connectivity index (χ3n) is 4.24. The zero-order valence-corrected chi connectivity index (χ0v) is 19.5. The van der Waals surface area contributed by atoms with Crippen LogP contribution in [0.4, 0.5) is 9.59 Å². The summed E-state index contributed by atoms with van der Waals surface area (Å²) >= 11 is 2.16. The second-order valence-electron chi connectivity index (χ2n) is 7.76. The van der Waals surface area contributed by atoms with Gasteiger partial charge >= 0.3 is 12.2 Å². The molecular weight excluding hydrogens is 507 g/mol. The van der Waals surface area contributed by atoms with Gasteiger partial charge in [0.2, 0.25) is 0 Å². The average molecular weight is 536 g/mol. The summed E-state index contributed by atoms with van der Waals surface area (Å²) in [6, 6.07) is 5.80. The highest BCUT2D eigenvalue weighted by Crippen LogP contribution is 2.19. The first-order valence-electron chi connectivity index (χ1n) is 9.23. The molecule has 0 radical (unpaired) electrons. The van der Waals surface area contributed by atoms with Gasteiger partial charge < -0.3 is 25.6 Å². The minimum atomic E-state index is -1.26. The van der Waals surface area contributed by atoms with Gasteiger partial charge in [-0.25, -0.2) is 15.0 Å². The van der Waals surface area contributed by atoms with Crippen LogP contribution in [-0.4, -0.2) is 60.1 Å². The number of ether oxygens (including phenoxy) is 1. The number of aliphatic hydroxyl groups is 1. The van der Waals surface area contributed by atoms with E-state index in [1.165, 1.54) is 7.11 Å². The Hall–Kier alpha value is -2.12. The minimum absolute atomic E-state index is 0.115. The Bertz CT molecular complexity index is 723. The monoisotopic (exact) mass is 536 g/mol. The first-order chi connectivity index (χ1) is 13.9. The van der Waals surface area contributed by atoms with Gasteiger partial charge in [0.25, 0.3) is 5.91 Å². The molecule has 0 heterocycles. The van der Waals surface area contributed by atoms with Crippen LogP contribution in [0.3, 0.4) is 0 Å². The Kier molecular flexibility index (Phi) is 10.3. The first-order valence-corrected chi connectivity index (χ1v) is 10.3. The molecule has 3 atom stereocenters. The Morgan fingerprint density at radius 1 is 1.13 bits per heavy atom. The molecule has 0 spiro atoms. The zero-order valence-electron chi connectivity index (χ0n) is 17.4. The molecule has 0 fully saturated rings. The molecule has 11 heteroatoms. The van der Waals surface area contributed by atoms with Crippen molar-refractivity contribution in [2.45, 2.75) is 45.4 Å². The van der Waals surface area contributed by atoms with E-state index in [0.29, 0.717) is 0 Å². The van der Waals surface area contributed by atoms with Gasteiger partial charge in [-0.2, -0.15) is 0 Å². The number of methoxy groups -OCH3 is 1. The van der Waals surface area contributed by atoms with E-state index in [-0.39, 0.29) is 13.0 Å². The summed E-state index contributed by atoms with van der Waals surface area (Å²) < 4.78 is 5.59. The number of hydrogen-bond donors (Lipinski definition) is 6. The summed E-state index contributed by atoms with van der Waals surface area (Å²) in [7, 11) is 1.20. The van der Waals surface area contributed by atoms with Crippen molar-refractivity contribution in [2.24, 2.45) is 5.41 Å². The number of nitrogens with one attached hydrogen (secondary N) is 4. The third kappa shape index (κ3) is 9.13. The van der Waals surface area contributed by atoms with Crippen LogP contribution in [0.2, 0.25) is 0 Å². The summed E-state index contributed by atoms with van der Waals surface area (Å²) in [5.74, 6) is -0.527. The van der Waals surface area contributed by atoms with Crippen molar-refractivity contribution in [2.75, 3.05) is 13.7 Å². The zero-order chi connectivity index (χ0) is 22.9. The van der Waals surface area contributed by atoms with E-state index in [2.05, 4.69) is 48.8 Å². The van der Waals surface area contributed by atoms with E-state index in [0.717, 1.165) is 9.13 Å². The SMILES string of the molecule is COC(=O)N[C@H](C(=O)NNC[C@H](O)[C@H](Cc1ccc(I)cc1)NC(=O)O)C(C)(C)C. The second-order valence-corrected chi connectivity index (χ2v) is 9.00. The molecule has 0 saturated carbocycles. The highest BCUT2D eigenvalue weighted by atomic mass is 127. The minimum Gasteiger partial charge on any atom is -0.465 e. The van der Waals surface area contributed by atoms with Crippen LogP contribution in [-0.2, 0) is 16.0 Å². The Morgan fingerprint density at radius 2 is 1.73 bits per heavy atom. The van der Waals surface area contributed by atoms with Gasteiger partial charge in [0.1, 0.15) is 6.04 Å². The maximum atomic E-state index is 12.5. The lowest BCUT2D eigenvalue weighted by Crippen LogP contribution is -2.58. The van der Waals surface area contributed by atoms with E-state index in [9.17, 15) is 19.5 Å².